The van der Waals surface area contributed by atoms with Crippen LogP contribution in [0.3, 0.4) is 0 Å². The Balaban J connectivity index is 1.48. The van der Waals surface area contributed by atoms with Gasteiger partial charge in [0.15, 0.2) is 5.82 Å². The van der Waals surface area contributed by atoms with E-state index in [-0.39, 0.29) is 36.8 Å². The number of nitrogens with zero attached hydrogens (tertiary/aromatic N) is 4. The van der Waals surface area contributed by atoms with Gasteiger partial charge in [0.2, 0.25) is 5.95 Å². The second-order valence-corrected chi connectivity index (χ2v) is 10.3. The first kappa shape index (κ1) is 25.8. The van der Waals surface area contributed by atoms with Crippen LogP contribution in [-0.2, 0) is 11.3 Å². The second-order valence-electron chi connectivity index (χ2n) is 10.3. The standard InChI is InChI=1S/C27H33F2N5O3/c1-15(2)25-17(12-34-7-5-23(35)20(29)13-34)10-30-21-4-3-16(9-18(21)25)26-19(28)11-31-27(33-26)32-22-6-8-37-14-24(22)36/h3-4,9-11,15,20,22-24,35-36H,5-8,12-14H2,1-2H3,(H,31,32,33)/t20-,22+,23-,24+/m0/s1. The number of fused-ring (bicyclic) bond motifs is 1. The number of aliphatic hydroxyl groups excluding tert-OH is 2. The van der Waals surface area contributed by atoms with Crippen LogP contribution in [0.15, 0.2) is 30.6 Å². The molecular weight excluding hydrogens is 480 g/mol. The molecule has 0 saturated carbocycles. The Kier molecular flexibility index (Phi) is 7.62. The Bertz CT molecular complexity index is 1260. The Labute approximate surface area is 214 Å². The third-order valence-corrected chi connectivity index (χ3v) is 7.21. The van der Waals surface area contributed by atoms with Crippen molar-refractivity contribution in [3.8, 4) is 11.3 Å². The number of halogens is 2. The van der Waals surface area contributed by atoms with Gasteiger partial charge in [-0.3, -0.25) is 9.88 Å². The highest BCUT2D eigenvalue weighted by atomic mass is 19.1. The lowest BCUT2D eigenvalue weighted by Crippen LogP contribution is -2.44. The van der Waals surface area contributed by atoms with Crippen molar-refractivity contribution in [3.05, 3.63) is 47.5 Å². The number of piperidine rings is 1. The highest BCUT2D eigenvalue weighted by molar-refractivity contribution is 5.88. The third-order valence-electron chi connectivity index (χ3n) is 7.21. The van der Waals surface area contributed by atoms with Crippen LogP contribution in [0, 0.1) is 5.82 Å². The van der Waals surface area contributed by atoms with Gasteiger partial charge in [-0.1, -0.05) is 19.9 Å². The molecule has 2 saturated heterocycles. The molecule has 4 atom stereocenters. The molecule has 8 nitrogen and oxygen atoms in total. The zero-order chi connectivity index (χ0) is 26.1. The quantitative estimate of drug-likeness (QED) is 0.461. The summed E-state index contributed by atoms with van der Waals surface area (Å²) >= 11 is 0. The maximum atomic E-state index is 14.9. The van der Waals surface area contributed by atoms with Crippen LogP contribution in [0.2, 0.25) is 0 Å². The number of pyridine rings is 1. The van der Waals surface area contributed by atoms with E-state index >= 15 is 0 Å². The topological polar surface area (TPSA) is 104 Å². The fourth-order valence-electron chi connectivity index (χ4n) is 5.25. The van der Waals surface area contributed by atoms with Gasteiger partial charge in [-0.2, -0.15) is 0 Å². The molecule has 3 aromatic rings. The van der Waals surface area contributed by atoms with Crippen molar-refractivity contribution in [2.45, 2.75) is 63.6 Å². The molecule has 37 heavy (non-hydrogen) atoms. The number of anilines is 1. The molecule has 4 heterocycles. The molecule has 2 aliphatic rings. The van der Waals surface area contributed by atoms with Crippen LogP contribution < -0.4 is 5.32 Å². The van der Waals surface area contributed by atoms with Gasteiger partial charge in [-0.05, 0) is 42.0 Å². The summed E-state index contributed by atoms with van der Waals surface area (Å²) < 4.78 is 34.3. The van der Waals surface area contributed by atoms with Gasteiger partial charge in [-0.15, -0.1) is 0 Å². The number of likely N-dealkylation sites (tertiary alicyclic amines) is 1. The number of benzene rings is 1. The molecule has 5 rings (SSSR count). The first-order valence-electron chi connectivity index (χ1n) is 12.8. The van der Waals surface area contributed by atoms with Crippen molar-refractivity contribution in [2.75, 3.05) is 31.6 Å². The van der Waals surface area contributed by atoms with E-state index in [1.165, 1.54) is 0 Å². The fourth-order valence-corrected chi connectivity index (χ4v) is 5.25. The highest BCUT2D eigenvalue weighted by Gasteiger charge is 2.28. The molecular formula is C27H33F2N5O3. The summed E-state index contributed by atoms with van der Waals surface area (Å²) in [6, 6.07) is 5.27. The zero-order valence-corrected chi connectivity index (χ0v) is 21.1. The number of ether oxygens (including phenoxy) is 1. The van der Waals surface area contributed by atoms with Crippen LogP contribution in [0.25, 0.3) is 22.2 Å². The van der Waals surface area contributed by atoms with E-state index in [9.17, 15) is 19.0 Å². The number of aromatic nitrogens is 3. The smallest absolute Gasteiger partial charge is 0.223 e. The molecule has 0 bridgehead atoms. The Morgan fingerprint density at radius 3 is 2.76 bits per heavy atom. The number of rotatable bonds is 6. The molecule has 198 valence electrons. The van der Waals surface area contributed by atoms with Crippen LogP contribution >= 0.6 is 0 Å². The largest absolute Gasteiger partial charge is 0.390 e. The normalized spacial score (nSPS) is 25.1. The number of aliphatic hydroxyl groups is 2. The fraction of sp³-hybridized carbons (Fsp3) is 0.519. The minimum absolute atomic E-state index is 0.148. The monoisotopic (exact) mass is 513 g/mol. The molecule has 3 N–H and O–H groups in total. The Morgan fingerprint density at radius 1 is 1.16 bits per heavy atom. The minimum atomic E-state index is -1.26. The van der Waals surface area contributed by atoms with Crippen LogP contribution in [-0.4, -0.2) is 80.8 Å². The summed E-state index contributed by atoms with van der Waals surface area (Å²) in [4.78, 5) is 15.2. The van der Waals surface area contributed by atoms with E-state index < -0.39 is 24.2 Å². The minimum Gasteiger partial charge on any atom is -0.390 e. The summed E-state index contributed by atoms with van der Waals surface area (Å²) in [6.45, 7) is 6.25. The van der Waals surface area contributed by atoms with Gasteiger partial charge in [0, 0.05) is 43.4 Å². The number of hydrogen-bond donors (Lipinski definition) is 3. The molecule has 2 aromatic heterocycles. The van der Waals surface area contributed by atoms with Crippen molar-refractivity contribution in [2.24, 2.45) is 0 Å². The molecule has 0 unspecified atom stereocenters. The van der Waals surface area contributed by atoms with Gasteiger partial charge in [0.05, 0.1) is 36.6 Å². The van der Waals surface area contributed by atoms with Crippen molar-refractivity contribution >= 4 is 16.9 Å². The lowest BCUT2D eigenvalue weighted by molar-refractivity contribution is -0.0136. The number of hydrogen-bond acceptors (Lipinski definition) is 8. The Morgan fingerprint density at radius 2 is 2.00 bits per heavy atom. The lowest BCUT2D eigenvalue weighted by Gasteiger charge is -2.33. The number of alkyl halides is 1. The summed E-state index contributed by atoms with van der Waals surface area (Å²) in [5.41, 5.74) is 3.60. The second kappa shape index (κ2) is 10.9. The van der Waals surface area contributed by atoms with Gasteiger partial charge < -0.3 is 20.3 Å². The van der Waals surface area contributed by atoms with Gasteiger partial charge in [0.25, 0.3) is 0 Å². The summed E-state index contributed by atoms with van der Waals surface area (Å²) in [7, 11) is 0. The SMILES string of the molecule is CC(C)c1c(CN2CC[C@H](O)[C@@H](F)C2)cnc2ccc(-c3nc(N[C@@H]4CCOC[C@H]4O)ncc3F)cc12. The molecule has 0 amide bonds. The van der Waals surface area contributed by atoms with E-state index in [4.69, 9.17) is 4.74 Å². The van der Waals surface area contributed by atoms with Gasteiger partial charge in [-0.25, -0.2) is 18.7 Å². The van der Waals surface area contributed by atoms with Gasteiger partial charge >= 0.3 is 0 Å². The zero-order valence-electron chi connectivity index (χ0n) is 21.1. The molecule has 1 aromatic carbocycles. The van der Waals surface area contributed by atoms with E-state index in [1.807, 2.05) is 23.2 Å². The molecule has 0 aliphatic carbocycles. The van der Waals surface area contributed by atoms with Crippen molar-refractivity contribution in [3.63, 3.8) is 0 Å². The third kappa shape index (κ3) is 5.57. The van der Waals surface area contributed by atoms with Crippen molar-refractivity contribution in [1.29, 1.82) is 0 Å². The molecule has 10 heteroatoms. The van der Waals surface area contributed by atoms with E-state index in [0.717, 1.165) is 28.2 Å². The summed E-state index contributed by atoms with van der Waals surface area (Å²) in [5.74, 6) is -0.158. The molecule has 0 radical (unpaired) electrons. The van der Waals surface area contributed by atoms with E-state index in [0.29, 0.717) is 38.1 Å². The van der Waals surface area contributed by atoms with Crippen molar-refractivity contribution < 1.29 is 23.7 Å². The maximum absolute atomic E-state index is 14.9. The highest BCUT2D eigenvalue weighted by Crippen LogP contribution is 2.33. The maximum Gasteiger partial charge on any atom is 0.223 e. The average molecular weight is 514 g/mol. The van der Waals surface area contributed by atoms with Crippen molar-refractivity contribution in [1.82, 2.24) is 19.9 Å². The first-order valence-corrected chi connectivity index (χ1v) is 12.8. The predicted molar refractivity (Wildman–Crippen MR) is 136 cm³/mol. The summed E-state index contributed by atoms with van der Waals surface area (Å²) in [5, 5.41) is 23.9. The van der Waals surface area contributed by atoms with Crippen LogP contribution in [0.4, 0.5) is 14.7 Å². The lowest BCUT2D eigenvalue weighted by atomic mass is 9.92. The van der Waals surface area contributed by atoms with Gasteiger partial charge in [0.1, 0.15) is 11.9 Å². The predicted octanol–water partition coefficient (Wildman–Crippen LogP) is 3.42. The molecule has 2 fully saturated rings. The van der Waals surface area contributed by atoms with E-state index in [1.54, 1.807) is 6.07 Å². The summed E-state index contributed by atoms with van der Waals surface area (Å²) in [6.07, 6.45) is 1.10. The van der Waals surface area contributed by atoms with E-state index in [2.05, 4.69) is 34.1 Å². The Hall–Kier alpha value is -2.79. The number of nitrogens with one attached hydrogen (secondary N) is 1. The van der Waals surface area contributed by atoms with Crippen LogP contribution in [0.5, 0.6) is 0 Å². The molecule has 2 aliphatic heterocycles. The van der Waals surface area contributed by atoms with Crippen LogP contribution in [0.1, 0.15) is 43.7 Å². The molecule has 0 spiro atoms. The first-order chi connectivity index (χ1) is 17.8. The average Bonchev–Trinajstić information content (AvgIpc) is 2.88.